The van der Waals surface area contributed by atoms with E-state index in [1.807, 2.05) is 152 Å². The summed E-state index contributed by atoms with van der Waals surface area (Å²) in [6.45, 7) is 3.63. The topological polar surface area (TPSA) is 162 Å². The van der Waals surface area contributed by atoms with Gasteiger partial charge in [-0.25, -0.2) is 4.79 Å². The van der Waals surface area contributed by atoms with Gasteiger partial charge in [0.05, 0.1) is 78.7 Å². The molecule has 0 aliphatic carbocycles. The van der Waals surface area contributed by atoms with Crippen LogP contribution in [0, 0.1) is 0 Å². The number of pyridine rings is 1. The molecule has 0 aliphatic heterocycles. The van der Waals surface area contributed by atoms with E-state index in [1.165, 1.54) is 6.07 Å². The van der Waals surface area contributed by atoms with Crippen LogP contribution < -0.4 is 20.3 Å². The summed E-state index contributed by atoms with van der Waals surface area (Å²) in [5.74, 6) is -1.32. The summed E-state index contributed by atoms with van der Waals surface area (Å²) >= 11 is 0. The Balaban J connectivity index is 1.20. The van der Waals surface area contributed by atoms with Crippen molar-refractivity contribution < 1.29 is 52.2 Å². The van der Waals surface area contributed by atoms with Crippen LogP contribution in [0.2, 0.25) is 0 Å². The fraction of sp³-hybridized carbons (Fsp3) is 0.302. The first-order valence-corrected chi connectivity index (χ1v) is 22.2. The van der Waals surface area contributed by atoms with Crippen LogP contribution in [0.25, 0.3) is 0 Å². The van der Waals surface area contributed by atoms with E-state index in [4.69, 9.17) is 42.6 Å². The fourth-order valence-corrected chi connectivity index (χ4v) is 6.54. The predicted molar refractivity (Wildman–Crippen MR) is 251 cm³/mol. The summed E-state index contributed by atoms with van der Waals surface area (Å²) in [5.41, 5.74) is 3.73. The van der Waals surface area contributed by atoms with E-state index >= 15 is 0 Å². The number of hydrogen-bond acceptors (Lipinski definition) is 12. The smallest absolute Gasteiger partial charge is 0.480 e. The molecule has 5 aromatic carbocycles. The minimum absolute atomic E-state index is 0.0119. The molecular weight excluding hydrogens is 857 g/mol. The molecule has 0 aliphatic rings. The van der Waals surface area contributed by atoms with Gasteiger partial charge in [0.2, 0.25) is 5.75 Å². The normalized spacial score (nSPS) is 11.2. The summed E-state index contributed by atoms with van der Waals surface area (Å²) in [5, 5.41) is 2.95. The molecule has 6 rings (SSSR count). The van der Waals surface area contributed by atoms with Gasteiger partial charge in [0, 0.05) is 6.07 Å². The standard InChI is InChI=1S/C53H58N2O12/c1-2-63-53(58)67-49-28-48(55-52(57)50(49)66-33-44-26-16-7-17-27-44)51(56)54-45(34-64-46(36-59-29-40-18-8-3-9-19-40)37-60-30-41-20-10-4-11-21-41)35-65-47(38-61-31-42-22-12-5-13-23-42)39-62-32-43-24-14-6-15-25-43/h3-28,45-47H,2,29-39H2,1H3,(H,54,56)(H,55,57). The lowest BCUT2D eigenvalue weighted by atomic mass is 10.2. The number of H-pyrrole nitrogens is 1. The highest BCUT2D eigenvalue weighted by molar-refractivity contribution is 5.93. The Morgan fingerprint density at radius 2 is 0.896 bits per heavy atom. The van der Waals surface area contributed by atoms with Gasteiger partial charge in [-0.2, -0.15) is 0 Å². The van der Waals surface area contributed by atoms with E-state index in [0.717, 1.165) is 27.8 Å². The van der Waals surface area contributed by atoms with Crippen molar-refractivity contribution in [3.63, 3.8) is 0 Å². The third-order valence-corrected chi connectivity index (χ3v) is 9.94. The molecule has 2 N–H and O–H groups in total. The van der Waals surface area contributed by atoms with Crippen LogP contribution in [-0.4, -0.2) is 81.5 Å². The minimum Gasteiger partial charge on any atom is -0.480 e. The zero-order valence-electron chi connectivity index (χ0n) is 37.6. The number of nitrogens with one attached hydrogen (secondary N) is 2. The van der Waals surface area contributed by atoms with Crippen LogP contribution in [0.15, 0.2) is 163 Å². The Labute approximate surface area is 391 Å². The van der Waals surface area contributed by atoms with Crippen molar-refractivity contribution in [2.45, 2.75) is 58.2 Å². The van der Waals surface area contributed by atoms with E-state index in [9.17, 15) is 14.4 Å². The van der Waals surface area contributed by atoms with Crippen molar-refractivity contribution in [2.24, 2.45) is 0 Å². The molecular formula is C53H58N2O12. The van der Waals surface area contributed by atoms with E-state index in [2.05, 4.69) is 10.3 Å². The van der Waals surface area contributed by atoms with Gasteiger partial charge in [-0.05, 0) is 34.7 Å². The van der Waals surface area contributed by atoms with Crippen molar-refractivity contribution in [3.05, 3.63) is 202 Å². The quantitative estimate of drug-likeness (QED) is 0.0435. The van der Waals surface area contributed by atoms with E-state index in [0.29, 0.717) is 26.4 Å². The SMILES string of the molecule is CCOC(=O)Oc1cc(C(=O)NC(COC(COCc2ccccc2)COCc2ccccc2)COC(COCc2ccccc2)COCc2ccccc2)[nH]c(=O)c1OCc1ccccc1. The van der Waals surface area contributed by atoms with Gasteiger partial charge in [-0.3, -0.25) is 9.59 Å². The molecule has 0 unspecified atom stereocenters. The second-order valence-corrected chi connectivity index (χ2v) is 15.3. The Morgan fingerprint density at radius 3 is 1.27 bits per heavy atom. The molecule has 0 atom stereocenters. The van der Waals surface area contributed by atoms with Gasteiger partial charge in [-0.15, -0.1) is 0 Å². The van der Waals surface area contributed by atoms with Gasteiger partial charge in [0.15, 0.2) is 5.75 Å². The van der Waals surface area contributed by atoms with E-state index in [-0.39, 0.29) is 70.0 Å². The van der Waals surface area contributed by atoms with E-state index < -0.39 is 35.9 Å². The number of ether oxygens (including phenoxy) is 9. The number of hydrogen-bond donors (Lipinski definition) is 2. The van der Waals surface area contributed by atoms with E-state index in [1.54, 1.807) is 6.92 Å². The number of carbonyl (C=O) groups is 2. The average Bonchev–Trinajstić information content (AvgIpc) is 3.35. The summed E-state index contributed by atoms with van der Waals surface area (Å²) in [6.07, 6.45) is -2.19. The summed E-state index contributed by atoms with van der Waals surface area (Å²) in [7, 11) is 0. The van der Waals surface area contributed by atoms with Crippen molar-refractivity contribution in [3.8, 4) is 11.5 Å². The van der Waals surface area contributed by atoms with Gasteiger partial charge in [-0.1, -0.05) is 152 Å². The molecule has 67 heavy (non-hydrogen) atoms. The van der Waals surface area contributed by atoms with Crippen LogP contribution in [-0.2, 0) is 66.2 Å². The van der Waals surface area contributed by atoms with Crippen LogP contribution in [0.4, 0.5) is 4.79 Å². The number of aromatic nitrogens is 1. The third-order valence-electron chi connectivity index (χ3n) is 9.94. The predicted octanol–water partition coefficient (Wildman–Crippen LogP) is 8.23. The van der Waals surface area contributed by atoms with Crippen molar-refractivity contribution in [1.29, 1.82) is 0 Å². The summed E-state index contributed by atoms with van der Waals surface area (Å²) in [6, 6.07) is 48.7. The first-order chi connectivity index (χ1) is 32.9. The Bertz CT molecular complexity index is 2180. The summed E-state index contributed by atoms with van der Waals surface area (Å²) < 4.78 is 53.5. The molecule has 14 nitrogen and oxygen atoms in total. The zero-order chi connectivity index (χ0) is 46.7. The molecule has 0 saturated carbocycles. The molecule has 0 saturated heterocycles. The molecule has 1 amide bonds. The lowest BCUT2D eigenvalue weighted by molar-refractivity contribution is -0.0928. The second-order valence-electron chi connectivity index (χ2n) is 15.3. The maximum absolute atomic E-state index is 14.2. The van der Waals surface area contributed by atoms with Crippen molar-refractivity contribution in [2.75, 3.05) is 46.2 Å². The molecule has 1 aromatic heterocycles. The highest BCUT2D eigenvalue weighted by Gasteiger charge is 2.24. The number of rotatable bonds is 29. The lowest BCUT2D eigenvalue weighted by Crippen LogP contribution is -2.45. The number of benzene rings is 5. The Kier molecular flexibility index (Phi) is 21.1. The van der Waals surface area contributed by atoms with Gasteiger partial charge in [0.25, 0.3) is 11.5 Å². The van der Waals surface area contributed by atoms with Crippen LogP contribution in [0.1, 0.15) is 45.2 Å². The minimum atomic E-state index is -1.08. The number of aromatic amines is 1. The van der Waals surface area contributed by atoms with Crippen molar-refractivity contribution >= 4 is 12.1 Å². The molecule has 0 bridgehead atoms. The molecule has 1 heterocycles. The van der Waals surface area contributed by atoms with Crippen LogP contribution in [0.5, 0.6) is 11.5 Å². The zero-order valence-corrected chi connectivity index (χ0v) is 37.6. The highest BCUT2D eigenvalue weighted by atomic mass is 16.7. The molecule has 0 spiro atoms. The average molecular weight is 915 g/mol. The first kappa shape index (κ1) is 49.8. The Hall–Kier alpha value is -6.65. The third kappa shape index (κ3) is 18.3. The van der Waals surface area contributed by atoms with Gasteiger partial charge in [0.1, 0.15) is 24.5 Å². The van der Waals surface area contributed by atoms with Gasteiger partial charge >= 0.3 is 6.16 Å². The monoisotopic (exact) mass is 914 g/mol. The maximum atomic E-state index is 14.2. The molecule has 0 fully saturated rings. The number of carbonyl (C=O) groups excluding carboxylic acids is 2. The molecule has 14 heteroatoms. The molecule has 352 valence electrons. The van der Waals surface area contributed by atoms with Gasteiger partial charge < -0.3 is 52.9 Å². The first-order valence-electron chi connectivity index (χ1n) is 22.2. The Morgan fingerprint density at radius 1 is 0.522 bits per heavy atom. The maximum Gasteiger partial charge on any atom is 0.513 e. The second kappa shape index (κ2) is 28.4. The largest absolute Gasteiger partial charge is 0.513 e. The molecule has 6 aromatic rings. The van der Waals surface area contributed by atoms with Crippen molar-refractivity contribution in [1.82, 2.24) is 10.3 Å². The lowest BCUT2D eigenvalue weighted by Gasteiger charge is -2.26. The molecule has 0 radical (unpaired) electrons. The number of amides is 1. The van der Waals surface area contributed by atoms with Crippen LogP contribution >= 0.6 is 0 Å². The summed E-state index contributed by atoms with van der Waals surface area (Å²) in [4.78, 5) is 42.8. The van der Waals surface area contributed by atoms with Crippen LogP contribution in [0.3, 0.4) is 0 Å². The fourth-order valence-electron chi connectivity index (χ4n) is 6.54. The highest BCUT2D eigenvalue weighted by Crippen LogP contribution is 2.25.